The van der Waals surface area contributed by atoms with E-state index < -0.39 is 0 Å². The van der Waals surface area contributed by atoms with Crippen LogP contribution >= 0.6 is 15.9 Å². The molecule has 4 nitrogen and oxygen atoms in total. The summed E-state index contributed by atoms with van der Waals surface area (Å²) in [6, 6.07) is 15.5. The fourth-order valence-corrected chi connectivity index (χ4v) is 3.53. The van der Waals surface area contributed by atoms with E-state index in [1.165, 1.54) is 0 Å². The fourth-order valence-electron chi connectivity index (χ4n) is 2.97. The number of carbonyl (C=O) groups excluding carboxylic acids is 1. The van der Waals surface area contributed by atoms with Gasteiger partial charge in [0.25, 0.3) is 0 Å². The lowest BCUT2D eigenvalue weighted by Crippen LogP contribution is -2.41. The predicted octanol–water partition coefficient (Wildman–Crippen LogP) is 4.72. The van der Waals surface area contributed by atoms with Crippen LogP contribution in [0.4, 0.5) is 0 Å². The second-order valence-electron chi connectivity index (χ2n) is 6.14. The average Bonchev–Trinajstić information content (AvgIpc) is 2.67. The molecule has 2 atom stereocenters. The number of hydrogen-bond donors (Lipinski definition) is 1. The lowest BCUT2D eigenvalue weighted by atomic mass is 10.0. The number of benzene rings is 2. The second-order valence-corrected chi connectivity index (χ2v) is 6.99. The molecule has 2 rings (SSSR count). The molecule has 1 amide bonds. The van der Waals surface area contributed by atoms with Crippen LogP contribution in [0.3, 0.4) is 0 Å². The monoisotopic (exact) mass is 418 g/mol. The van der Waals surface area contributed by atoms with E-state index in [1.54, 1.807) is 7.11 Å². The van der Waals surface area contributed by atoms with E-state index in [0.717, 1.165) is 21.3 Å². The first-order valence-electron chi connectivity index (χ1n) is 8.95. The number of methoxy groups -OCH3 is 1. The normalized spacial score (nSPS) is 13.1. The van der Waals surface area contributed by atoms with Gasteiger partial charge in [-0.3, -0.25) is 10.1 Å². The van der Waals surface area contributed by atoms with Crippen molar-refractivity contribution < 1.29 is 9.53 Å². The zero-order valence-electron chi connectivity index (χ0n) is 15.8. The van der Waals surface area contributed by atoms with Crippen molar-refractivity contribution in [1.82, 2.24) is 10.2 Å². The zero-order valence-corrected chi connectivity index (χ0v) is 17.4. The molecule has 0 saturated carbocycles. The van der Waals surface area contributed by atoms with Crippen LogP contribution in [0.5, 0.6) is 5.75 Å². The lowest BCUT2D eigenvalue weighted by Gasteiger charge is -2.29. The molecule has 0 aliphatic rings. The molecule has 0 aliphatic carbocycles. The molecule has 0 aromatic heterocycles. The standard InChI is InChI=1S/C21H27BrN2O2/c1-5-24(6-2)21(25)20(16-10-8-7-9-11-16)23-15(3)17-12-13-19(26-4)18(22)14-17/h7-15,20,23H,5-6H2,1-4H3/t15-,20+/m1/s1. The van der Waals surface area contributed by atoms with Crippen LogP contribution in [0.1, 0.15) is 44.0 Å². The highest BCUT2D eigenvalue weighted by Crippen LogP contribution is 2.29. The first-order chi connectivity index (χ1) is 12.5. The Morgan fingerprint density at radius 2 is 1.77 bits per heavy atom. The molecule has 0 bridgehead atoms. The van der Waals surface area contributed by atoms with Gasteiger partial charge < -0.3 is 9.64 Å². The van der Waals surface area contributed by atoms with E-state index in [0.29, 0.717) is 13.1 Å². The van der Waals surface area contributed by atoms with E-state index in [-0.39, 0.29) is 18.0 Å². The zero-order chi connectivity index (χ0) is 19.1. The maximum Gasteiger partial charge on any atom is 0.244 e. The van der Waals surface area contributed by atoms with Crippen LogP contribution in [-0.2, 0) is 4.79 Å². The Hall–Kier alpha value is -1.85. The molecule has 1 N–H and O–H groups in total. The van der Waals surface area contributed by atoms with Gasteiger partial charge in [0.05, 0.1) is 11.6 Å². The van der Waals surface area contributed by atoms with Gasteiger partial charge in [-0.2, -0.15) is 0 Å². The summed E-state index contributed by atoms with van der Waals surface area (Å²) in [5, 5.41) is 3.51. The van der Waals surface area contributed by atoms with Gasteiger partial charge in [-0.1, -0.05) is 36.4 Å². The number of hydrogen-bond acceptors (Lipinski definition) is 3. The third-order valence-corrected chi connectivity index (χ3v) is 5.17. The molecule has 2 aromatic carbocycles. The van der Waals surface area contributed by atoms with E-state index in [1.807, 2.05) is 67.3 Å². The van der Waals surface area contributed by atoms with E-state index in [9.17, 15) is 4.79 Å². The van der Waals surface area contributed by atoms with Crippen molar-refractivity contribution >= 4 is 21.8 Å². The Morgan fingerprint density at radius 1 is 1.12 bits per heavy atom. The molecule has 26 heavy (non-hydrogen) atoms. The molecule has 2 aromatic rings. The van der Waals surface area contributed by atoms with Crippen LogP contribution in [0.2, 0.25) is 0 Å². The van der Waals surface area contributed by atoms with Crippen molar-refractivity contribution in [2.24, 2.45) is 0 Å². The topological polar surface area (TPSA) is 41.6 Å². The van der Waals surface area contributed by atoms with Crippen LogP contribution in [0.15, 0.2) is 53.0 Å². The van der Waals surface area contributed by atoms with Crippen LogP contribution in [-0.4, -0.2) is 31.0 Å². The van der Waals surface area contributed by atoms with E-state index in [2.05, 4.69) is 28.2 Å². The van der Waals surface area contributed by atoms with Gasteiger partial charge in [0, 0.05) is 19.1 Å². The molecule has 0 spiro atoms. The van der Waals surface area contributed by atoms with Gasteiger partial charge in [-0.15, -0.1) is 0 Å². The quantitative estimate of drug-likeness (QED) is 0.674. The summed E-state index contributed by atoms with van der Waals surface area (Å²) in [5.74, 6) is 0.889. The molecule has 0 heterocycles. The highest BCUT2D eigenvalue weighted by Gasteiger charge is 2.26. The highest BCUT2D eigenvalue weighted by molar-refractivity contribution is 9.10. The van der Waals surface area contributed by atoms with Crippen LogP contribution < -0.4 is 10.1 Å². The molecule has 0 unspecified atom stereocenters. The van der Waals surface area contributed by atoms with Crippen molar-refractivity contribution in [1.29, 1.82) is 0 Å². The van der Waals surface area contributed by atoms with E-state index in [4.69, 9.17) is 4.74 Å². The third kappa shape index (κ3) is 4.86. The molecular formula is C21H27BrN2O2. The number of carbonyl (C=O) groups is 1. The number of nitrogens with zero attached hydrogens (tertiary/aromatic N) is 1. The van der Waals surface area contributed by atoms with Gasteiger partial charge in [-0.05, 0) is 60.0 Å². The van der Waals surface area contributed by atoms with Gasteiger partial charge in [-0.25, -0.2) is 0 Å². The smallest absolute Gasteiger partial charge is 0.244 e. The van der Waals surface area contributed by atoms with Gasteiger partial charge in [0.2, 0.25) is 5.91 Å². The summed E-state index contributed by atoms with van der Waals surface area (Å²) in [5.41, 5.74) is 2.06. The minimum absolute atomic E-state index is 0.00178. The summed E-state index contributed by atoms with van der Waals surface area (Å²) >= 11 is 3.53. The van der Waals surface area contributed by atoms with Crippen molar-refractivity contribution in [3.8, 4) is 5.75 Å². The van der Waals surface area contributed by atoms with Crippen LogP contribution in [0.25, 0.3) is 0 Å². The highest BCUT2D eigenvalue weighted by atomic mass is 79.9. The summed E-state index contributed by atoms with van der Waals surface area (Å²) in [4.78, 5) is 14.9. The molecular weight excluding hydrogens is 392 g/mol. The minimum Gasteiger partial charge on any atom is -0.496 e. The first kappa shape index (κ1) is 20.5. The van der Waals surface area contributed by atoms with Gasteiger partial charge >= 0.3 is 0 Å². The fraction of sp³-hybridized carbons (Fsp3) is 0.381. The third-order valence-electron chi connectivity index (χ3n) is 4.55. The molecule has 5 heteroatoms. The SMILES string of the molecule is CCN(CC)C(=O)[C@@H](N[C@H](C)c1ccc(OC)c(Br)c1)c1ccccc1. The van der Waals surface area contributed by atoms with Crippen molar-refractivity contribution in [2.45, 2.75) is 32.9 Å². The maximum atomic E-state index is 13.1. The molecule has 0 fully saturated rings. The van der Waals surface area contributed by atoms with Gasteiger partial charge in [0.15, 0.2) is 0 Å². The number of halogens is 1. The van der Waals surface area contributed by atoms with Crippen molar-refractivity contribution in [3.63, 3.8) is 0 Å². The number of nitrogens with one attached hydrogen (secondary N) is 1. The van der Waals surface area contributed by atoms with E-state index >= 15 is 0 Å². The average molecular weight is 419 g/mol. The Bertz CT molecular complexity index is 717. The summed E-state index contributed by atoms with van der Waals surface area (Å²) in [6.07, 6.45) is 0. The number of rotatable bonds is 8. The summed E-state index contributed by atoms with van der Waals surface area (Å²) < 4.78 is 6.20. The Labute approximate surface area is 164 Å². The largest absolute Gasteiger partial charge is 0.496 e. The predicted molar refractivity (Wildman–Crippen MR) is 109 cm³/mol. The minimum atomic E-state index is -0.382. The number of likely N-dealkylation sites (N-methyl/N-ethyl adjacent to an activating group) is 1. The Kier molecular flexibility index (Phi) is 7.66. The molecule has 0 aliphatic heterocycles. The molecule has 0 saturated heterocycles. The lowest BCUT2D eigenvalue weighted by molar-refractivity contribution is -0.133. The van der Waals surface area contributed by atoms with Crippen molar-refractivity contribution in [2.75, 3.05) is 20.2 Å². The number of amides is 1. The first-order valence-corrected chi connectivity index (χ1v) is 9.74. The molecule has 140 valence electrons. The second kappa shape index (κ2) is 9.74. The summed E-state index contributed by atoms with van der Waals surface area (Å²) in [6.45, 7) is 7.48. The van der Waals surface area contributed by atoms with Crippen molar-refractivity contribution in [3.05, 3.63) is 64.1 Å². The van der Waals surface area contributed by atoms with Gasteiger partial charge in [0.1, 0.15) is 11.8 Å². The van der Waals surface area contributed by atoms with Crippen LogP contribution in [0, 0.1) is 0 Å². The number of ether oxygens (including phenoxy) is 1. The molecule has 0 radical (unpaired) electrons. The Morgan fingerprint density at radius 3 is 2.31 bits per heavy atom. The summed E-state index contributed by atoms with van der Waals surface area (Å²) in [7, 11) is 1.65. The maximum absolute atomic E-state index is 13.1. The Balaban J connectivity index is 2.28.